The molecule has 0 saturated heterocycles. The Hall–Kier alpha value is 0.280. The summed E-state index contributed by atoms with van der Waals surface area (Å²) in [6.45, 7) is 38.8. The molecule has 0 aliphatic heterocycles. The second-order valence-corrected chi connectivity index (χ2v) is 15.6. The molecule has 0 amide bonds. The standard InChI is InChI=1S/4C6H15N.C4H14O16P4/c4*1-4-7(5-2)6-3;5-21(6,7)17-1-3(19-23(11,12)13)4(20-24(14,15)16)2-18-22(8,9)10/h4*4-6H2,1-3H3;3-4H,1-2H2,(H2,5,6,7)(H2,8,9,10)(H2,11,12,13)(H2,14,15,16)/p-1/t;;;;3-,4+. The van der Waals surface area contributed by atoms with Crippen LogP contribution in [0.3, 0.4) is 0 Å². The summed E-state index contributed by atoms with van der Waals surface area (Å²) < 4.78 is 56.9. The Balaban J connectivity index is -0.000000212. The van der Waals surface area contributed by atoms with Crippen molar-refractivity contribution >= 4 is 31.3 Å². The van der Waals surface area contributed by atoms with Crippen LogP contribution in [0.15, 0.2) is 0 Å². The molecule has 0 rings (SSSR count). The van der Waals surface area contributed by atoms with Crippen LogP contribution in [-0.4, -0.2) is 119 Å². The van der Waals surface area contributed by atoms with Crippen LogP contribution in [0.4, 0.5) is 0 Å². The Kier molecular flexibility index (Phi) is 42.2. The zero-order valence-electron chi connectivity index (χ0n) is 33.5. The molecule has 0 radical (unpaired) electrons. The average Bonchev–Trinajstić information content (AvgIpc) is 3.04. The third kappa shape index (κ3) is 48.3. The fraction of sp³-hybridized carbons (Fsp3) is 1.00. The summed E-state index contributed by atoms with van der Waals surface area (Å²) in [4.78, 5) is 84.5. The number of hydrogen-bond acceptors (Lipinski definition) is 13. The Labute approximate surface area is 313 Å². The third-order valence-electron chi connectivity index (χ3n) is 7.75. The van der Waals surface area contributed by atoms with Crippen molar-refractivity contribution in [3.8, 4) is 0 Å². The van der Waals surface area contributed by atoms with Gasteiger partial charge in [-0.1, -0.05) is 0 Å². The molecular weight excluding hydrogens is 772 g/mol. The van der Waals surface area contributed by atoms with Gasteiger partial charge >= 0.3 is 0 Å². The lowest BCUT2D eigenvalue weighted by molar-refractivity contribution is -0.894. The highest BCUT2D eigenvalue weighted by Gasteiger charge is 2.31. The van der Waals surface area contributed by atoms with E-state index in [-0.39, 0.29) is 0 Å². The second kappa shape index (κ2) is 35.7. The molecule has 0 bridgehead atoms. The summed E-state index contributed by atoms with van der Waals surface area (Å²) in [5.41, 5.74) is 0. The topological polar surface area (TPSA) is 299 Å². The molecule has 0 aliphatic rings. The first-order valence-corrected chi connectivity index (χ1v) is 23.8. The fourth-order valence-corrected chi connectivity index (χ4v) is 5.83. The van der Waals surface area contributed by atoms with Crippen LogP contribution in [0.1, 0.15) is 83.1 Å². The first-order valence-electron chi connectivity index (χ1n) is 17.9. The zero-order chi connectivity index (χ0) is 42.2. The monoisotopic (exact) mass is 845 g/mol. The maximum absolute atomic E-state index is 10.6. The minimum absolute atomic E-state index is 1.27. The molecule has 0 fully saturated rings. The van der Waals surface area contributed by atoms with Crippen LogP contribution in [0.25, 0.3) is 0 Å². The summed E-state index contributed by atoms with van der Waals surface area (Å²) in [7, 11) is -22.7. The normalized spacial score (nSPS) is 16.1. The first-order chi connectivity index (χ1) is 23.8. The number of phosphoric acid groups is 4. The molecule has 52 heavy (non-hydrogen) atoms. The van der Waals surface area contributed by atoms with Crippen molar-refractivity contribution in [1.29, 1.82) is 0 Å². The molecule has 3 unspecified atom stereocenters. The first kappa shape index (κ1) is 61.5. The van der Waals surface area contributed by atoms with E-state index < -0.39 is 56.7 Å². The van der Waals surface area contributed by atoms with Gasteiger partial charge in [0.15, 0.2) is 0 Å². The van der Waals surface area contributed by atoms with Gasteiger partial charge < -0.3 is 81.4 Å². The highest BCUT2D eigenvalue weighted by Crippen LogP contribution is 2.41. The Morgan fingerprint density at radius 1 is 0.404 bits per heavy atom. The average molecular weight is 846 g/mol. The summed E-state index contributed by atoms with van der Waals surface area (Å²) in [5.74, 6) is 0. The summed E-state index contributed by atoms with van der Waals surface area (Å²) >= 11 is 0. The third-order valence-corrected chi connectivity index (χ3v) is 9.77. The van der Waals surface area contributed by atoms with Gasteiger partial charge in [0.25, 0.3) is 23.5 Å². The van der Waals surface area contributed by atoms with E-state index in [2.05, 4.69) is 101 Å². The van der Waals surface area contributed by atoms with Gasteiger partial charge in [-0.25, -0.2) is 0 Å². The lowest BCUT2D eigenvalue weighted by atomic mass is 10.2. The van der Waals surface area contributed by atoms with Gasteiger partial charge in [-0.3, -0.25) is 13.7 Å². The maximum atomic E-state index is 10.6. The molecule has 322 valence electrons. The number of nitrogens with one attached hydrogen (secondary N) is 4. The predicted octanol–water partition coefficient (Wildman–Crippen LogP) is -5.28. The molecule has 24 heteroatoms. The van der Waals surface area contributed by atoms with E-state index >= 15 is 0 Å². The van der Waals surface area contributed by atoms with Gasteiger partial charge in [-0.15, -0.1) is 0 Å². The Morgan fingerprint density at radius 2 is 0.596 bits per heavy atom. The lowest BCUT2D eigenvalue weighted by Gasteiger charge is -2.36. The second-order valence-electron chi connectivity index (χ2n) is 11.0. The minimum Gasteiger partial charge on any atom is -0.790 e. The predicted molar refractivity (Wildman–Crippen MR) is 189 cm³/mol. The van der Waals surface area contributed by atoms with E-state index in [0.29, 0.717) is 0 Å². The van der Waals surface area contributed by atoms with Crippen molar-refractivity contribution in [2.24, 2.45) is 0 Å². The summed E-state index contributed by atoms with van der Waals surface area (Å²) in [5, 5.41) is 0. The molecule has 0 aromatic carbocycles. The van der Waals surface area contributed by atoms with E-state index in [4.69, 9.17) is 14.7 Å². The highest BCUT2D eigenvalue weighted by atomic mass is 31.2. The minimum atomic E-state index is -5.75. The molecule has 0 aromatic heterocycles. The molecular formula is C28H73N4O16P4-. The quantitative estimate of drug-likeness (QED) is 0.0473. The van der Waals surface area contributed by atoms with Gasteiger partial charge in [-0.05, 0) is 83.1 Å². The molecule has 20 nitrogen and oxygen atoms in total. The molecule has 0 aliphatic carbocycles. The van der Waals surface area contributed by atoms with E-state index in [0.717, 1.165) is 0 Å². The highest BCUT2D eigenvalue weighted by molar-refractivity contribution is 7.45. The Bertz CT molecular complexity index is 845. The number of quaternary nitrogens is 4. The van der Waals surface area contributed by atoms with Crippen molar-refractivity contribution in [1.82, 2.24) is 0 Å². The van der Waals surface area contributed by atoms with E-state index in [1.807, 2.05) is 0 Å². The van der Waals surface area contributed by atoms with Gasteiger partial charge in [0.2, 0.25) is 0 Å². The van der Waals surface area contributed by atoms with Crippen molar-refractivity contribution in [2.75, 3.05) is 91.8 Å². The molecule has 0 saturated carbocycles. The van der Waals surface area contributed by atoms with Crippen LogP contribution >= 0.6 is 31.3 Å². The van der Waals surface area contributed by atoms with Crippen molar-refractivity contribution in [3.05, 3.63) is 0 Å². The molecule has 0 aromatic rings. The van der Waals surface area contributed by atoms with Gasteiger partial charge in [0, 0.05) is 0 Å². The van der Waals surface area contributed by atoms with E-state index in [9.17, 15) is 42.7 Å². The van der Waals surface area contributed by atoms with Crippen LogP contribution in [-0.2, 0) is 36.4 Å². The number of hydrogen-bond donors (Lipinski definition) is 7. The van der Waals surface area contributed by atoms with Gasteiger partial charge in [-0.2, -0.15) is 0 Å². The van der Waals surface area contributed by atoms with E-state index in [1.54, 1.807) is 19.6 Å². The van der Waals surface area contributed by atoms with Crippen LogP contribution in [0, 0.1) is 0 Å². The van der Waals surface area contributed by atoms with Crippen molar-refractivity contribution in [3.63, 3.8) is 0 Å². The van der Waals surface area contributed by atoms with Gasteiger partial charge in [0.05, 0.1) is 99.6 Å². The van der Waals surface area contributed by atoms with Crippen LogP contribution < -0.4 is 44.1 Å². The van der Waals surface area contributed by atoms with Crippen LogP contribution in [0.2, 0.25) is 0 Å². The SMILES string of the molecule is CC[NH+](CC)CC.CC[NH+](CC)CC.CC[NH+](CC)CC.CC[NH+](CC)CC.O=P([O-])([O-])OC[C@@H](OP(=O)([O-])O)[C@H](COP(=O)([O-])O)OP(=O)([O-])O. The summed E-state index contributed by atoms with van der Waals surface area (Å²) in [6, 6.07) is 0. The van der Waals surface area contributed by atoms with Crippen molar-refractivity contribution in [2.45, 2.75) is 95.3 Å². The fourth-order valence-electron chi connectivity index (χ4n) is 4.09. The summed E-state index contributed by atoms with van der Waals surface area (Å²) in [6.07, 6.45) is -5.00. The largest absolute Gasteiger partial charge is 0.790 e. The molecule has 7 N–H and O–H groups in total. The lowest BCUT2D eigenvalue weighted by Crippen LogP contribution is -3.11. The van der Waals surface area contributed by atoms with Gasteiger partial charge in [0.1, 0.15) is 12.2 Å². The zero-order valence-corrected chi connectivity index (χ0v) is 37.1. The molecule has 5 atom stereocenters. The molecule has 0 heterocycles. The van der Waals surface area contributed by atoms with Crippen LogP contribution in [0.5, 0.6) is 0 Å². The molecule has 0 spiro atoms. The Morgan fingerprint density at radius 3 is 0.712 bits per heavy atom. The number of rotatable bonds is 23. The maximum Gasteiger partial charge on any atom is 0.265 e. The number of phosphoric ester groups is 4. The smallest absolute Gasteiger partial charge is 0.265 e. The van der Waals surface area contributed by atoms with E-state index in [1.165, 1.54) is 78.5 Å². The van der Waals surface area contributed by atoms with Crippen molar-refractivity contribution < 1.29 is 95.1 Å².